The molecule has 1 N–H and O–H groups in total. The maximum Gasteiger partial charge on any atom is 0.0596 e. The highest BCUT2D eigenvalue weighted by Gasteiger charge is 2.33. The molecule has 0 aromatic heterocycles. The van der Waals surface area contributed by atoms with E-state index in [1.54, 1.807) is 0 Å². The topological polar surface area (TPSA) is 20.2 Å². The van der Waals surface area contributed by atoms with Crippen molar-refractivity contribution in [1.82, 2.24) is 0 Å². The first kappa shape index (κ1) is 14.4. The summed E-state index contributed by atoms with van der Waals surface area (Å²) in [6.45, 7) is 4.75. The third-order valence-corrected chi connectivity index (χ3v) is 5.75. The van der Waals surface area contributed by atoms with Crippen LogP contribution in [0, 0.1) is 23.7 Å². The zero-order valence-electron chi connectivity index (χ0n) is 12.4. The van der Waals surface area contributed by atoms with Gasteiger partial charge in [-0.05, 0) is 49.4 Å². The van der Waals surface area contributed by atoms with Crippen molar-refractivity contribution in [3.8, 4) is 0 Å². The summed E-state index contributed by atoms with van der Waals surface area (Å²) in [5.41, 5.74) is 0. The summed E-state index contributed by atoms with van der Waals surface area (Å²) in [5, 5.41) is 10.7. The van der Waals surface area contributed by atoms with Crippen molar-refractivity contribution in [2.75, 3.05) is 0 Å². The molecule has 1 heteroatoms. The average Bonchev–Trinajstić information content (AvgIpc) is 2.31. The first-order valence-corrected chi connectivity index (χ1v) is 8.36. The Labute approximate surface area is 113 Å². The molecule has 0 bridgehead atoms. The van der Waals surface area contributed by atoms with E-state index in [0.29, 0.717) is 11.8 Å². The normalized spacial score (nSPS) is 37.8. The molecule has 2 rings (SSSR count). The summed E-state index contributed by atoms with van der Waals surface area (Å²) in [4.78, 5) is 0. The van der Waals surface area contributed by atoms with Gasteiger partial charge in [0.15, 0.2) is 0 Å². The summed E-state index contributed by atoms with van der Waals surface area (Å²) in [7, 11) is 0. The van der Waals surface area contributed by atoms with Crippen molar-refractivity contribution in [1.29, 1.82) is 0 Å². The van der Waals surface area contributed by atoms with E-state index in [4.69, 9.17) is 0 Å². The second-order valence-electron chi connectivity index (χ2n) is 7.12. The van der Waals surface area contributed by atoms with Crippen LogP contribution in [0.4, 0.5) is 0 Å². The highest BCUT2D eigenvalue weighted by molar-refractivity contribution is 4.83. The Morgan fingerprint density at radius 3 is 1.94 bits per heavy atom. The minimum atomic E-state index is -0.00181. The molecule has 1 nitrogen and oxygen atoms in total. The number of hydrogen-bond acceptors (Lipinski definition) is 1. The highest BCUT2D eigenvalue weighted by Crippen LogP contribution is 2.39. The molecule has 4 atom stereocenters. The van der Waals surface area contributed by atoms with Crippen LogP contribution in [0.2, 0.25) is 0 Å². The van der Waals surface area contributed by atoms with Crippen LogP contribution in [0.3, 0.4) is 0 Å². The van der Waals surface area contributed by atoms with Gasteiger partial charge in [0.05, 0.1) is 6.10 Å². The smallest absolute Gasteiger partial charge is 0.0596 e. The van der Waals surface area contributed by atoms with Gasteiger partial charge in [0, 0.05) is 0 Å². The van der Waals surface area contributed by atoms with Crippen molar-refractivity contribution in [2.45, 2.75) is 84.2 Å². The van der Waals surface area contributed by atoms with Gasteiger partial charge in [0.1, 0.15) is 0 Å². The van der Waals surface area contributed by atoms with Crippen LogP contribution in [0.5, 0.6) is 0 Å². The molecule has 0 aliphatic heterocycles. The molecule has 2 aliphatic rings. The van der Waals surface area contributed by atoms with Crippen molar-refractivity contribution in [2.24, 2.45) is 23.7 Å². The fourth-order valence-corrected chi connectivity index (χ4v) is 4.11. The van der Waals surface area contributed by atoms with E-state index in [-0.39, 0.29) is 6.10 Å². The highest BCUT2D eigenvalue weighted by atomic mass is 16.3. The first-order valence-electron chi connectivity index (χ1n) is 8.36. The Hall–Kier alpha value is -0.0400. The van der Waals surface area contributed by atoms with E-state index in [2.05, 4.69) is 13.8 Å². The molecule has 2 saturated carbocycles. The summed E-state index contributed by atoms with van der Waals surface area (Å²) in [5.74, 6) is 2.88. The molecule has 0 spiro atoms. The molecule has 2 aliphatic carbocycles. The minimum Gasteiger partial charge on any atom is -0.393 e. The second kappa shape index (κ2) is 6.93. The van der Waals surface area contributed by atoms with Crippen LogP contribution in [-0.2, 0) is 0 Å². The van der Waals surface area contributed by atoms with Gasteiger partial charge in [0.2, 0.25) is 0 Å². The van der Waals surface area contributed by atoms with E-state index in [1.165, 1.54) is 64.2 Å². The van der Waals surface area contributed by atoms with E-state index >= 15 is 0 Å². The largest absolute Gasteiger partial charge is 0.393 e. The molecule has 0 saturated heterocycles. The Morgan fingerprint density at radius 2 is 1.33 bits per heavy atom. The maximum absolute atomic E-state index is 10.7. The lowest BCUT2D eigenvalue weighted by Gasteiger charge is -2.38. The summed E-state index contributed by atoms with van der Waals surface area (Å²) in [6.07, 6.45) is 13.3. The SMILES string of the molecule is CC1CCC(C(O)C2CCCCCCC2)CC1C. The van der Waals surface area contributed by atoms with Gasteiger partial charge < -0.3 is 5.11 Å². The van der Waals surface area contributed by atoms with Crippen molar-refractivity contribution in [3.05, 3.63) is 0 Å². The Bertz CT molecular complexity index is 225. The fourth-order valence-electron chi connectivity index (χ4n) is 4.11. The van der Waals surface area contributed by atoms with Crippen molar-refractivity contribution in [3.63, 3.8) is 0 Å². The van der Waals surface area contributed by atoms with Gasteiger partial charge in [0.25, 0.3) is 0 Å². The van der Waals surface area contributed by atoms with Crippen LogP contribution >= 0.6 is 0 Å². The summed E-state index contributed by atoms with van der Waals surface area (Å²) >= 11 is 0. The van der Waals surface area contributed by atoms with Crippen LogP contribution < -0.4 is 0 Å². The van der Waals surface area contributed by atoms with Crippen LogP contribution in [0.25, 0.3) is 0 Å². The zero-order valence-corrected chi connectivity index (χ0v) is 12.4. The molecule has 2 fully saturated rings. The standard InChI is InChI=1S/C17H32O/c1-13-10-11-16(12-14(13)2)17(18)15-8-6-4-3-5-7-9-15/h13-18H,3-12H2,1-2H3. The predicted molar refractivity (Wildman–Crippen MR) is 77.5 cm³/mol. The third-order valence-electron chi connectivity index (χ3n) is 5.75. The minimum absolute atomic E-state index is 0.00181. The van der Waals surface area contributed by atoms with Gasteiger partial charge >= 0.3 is 0 Å². The Morgan fingerprint density at radius 1 is 0.722 bits per heavy atom. The molecule has 0 heterocycles. The van der Waals surface area contributed by atoms with Gasteiger partial charge in [-0.2, -0.15) is 0 Å². The van der Waals surface area contributed by atoms with E-state index in [0.717, 1.165) is 11.8 Å². The number of hydrogen-bond donors (Lipinski definition) is 1. The van der Waals surface area contributed by atoms with Gasteiger partial charge in [-0.25, -0.2) is 0 Å². The Kier molecular flexibility index (Phi) is 5.54. The first-order chi connectivity index (χ1) is 8.68. The van der Waals surface area contributed by atoms with Crippen LogP contribution in [0.1, 0.15) is 78.1 Å². The molecule has 4 unspecified atom stereocenters. The number of aliphatic hydroxyl groups excluding tert-OH is 1. The van der Waals surface area contributed by atoms with E-state index in [9.17, 15) is 5.11 Å². The quantitative estimate of drug-likeness (QED) is 0.750. The molecular weight excluding hydrogens is 220 g/mol. The monoisotopic (exact) mass is 252 g/mol. The molecule has 0 amide bonds. The maximum atomic E-state index is 10.7. The average molecular weight is 252 g/mol. The molecular formula is C17H32O. The van der Waals surface area contributed by atoms with E-state index in [1.807, 2.05) is 0 Å². The Balaban J connectivity index is 1.86. The second-order valence-corrected chi connectivity index (χ2v) is 7.12. The summed E-state index contributed by atoms with van der Waals surface area (Å²) in [6, 6.07) is 0. The number of aliphatic hydroxyl groups is 1. The van der Waals surface area contributed by atoms with Crippen molar-refractivity contribution < 1.29 is 5.11 Å². The lowest BCUT2D eigenvalue weighted by molar-refractivity contribution is 0.00552. The number of rotatable bonds is 2. The lowest BCUT2D eigenvalue weighted by Crippen LogP contribution is -2.34. The molecule has 0 radical (unpaired) electrons. The fraction of sp³-hybridized carbons (Fsp3) is 1.00. The predicted octanol–water partition coefficient (Wildman–Crippen LogP) is 4.78. The molecule has 0 aromatic rings. The lowest BCUT2D eigenvalue weighted by atomic mass is 9.70. The molecule has 18 heavy (non-hydrogen) atoms. The van der Waals surface area contributed by atoms with Crippen LogP contribution in [0.15, 0.2) is 0 Å². The van der Waals surface area contributed by atoms with E-state index < -0.39 is 0 Å². The zero-order chi connectivity index (χ0) is 13.0. The van der Waals surface area contributed by atoms with Gasteiger partial charge in [-0.3, -0.25) is 0 Å². The summed E-state index contributed by atoms with van der Waals surface area (Å²) < 4.78 is 0. The van der Waals surface area contributed by atoms with Gasteiger partial charge in [-0.15, -0.1) is 0 Å². The van der Waals surface area contributed by atoms with Crippen molar-refractivity contribution >= 4 is 0 Å². The third kappa shape index (κ3) is 3.73. The molecule has 0 aromatic carbocycles. The molecule has 106 valence electrons. The van der Waals surface area contributed by atoms with Gasteiger partial charge in [-0.1, -0.05) is 52.4 Å². The van der Waals surface area contributed by atoms with Crippen LogP contribution in [-0.4, -0.2) is 11.2 Å².